The fraction of sp³-hybridized carbons (Fsp3) is 0.350. The van der Waals surface area contributed by atoms with E-state index in [1.54, 1.807) is 26.4 Å². The smallest absolute Gasteiger partial charge is 0.381 e. The molecule has 0 saturated heterocycles. The normalized spacial score (nSPS) is 13.7. The fourth-order valence-corrected chi connectivity index (χ4v) is 2.79. The number of allylic oxidation sites excluding steroid dienone is 3. The van der Waals surface area contributed by atoms with Gasteiger partial charge in [-0.25, -0.2) is 0 Å². The van der Waals surface area contributed by atoms with Gasteiger partial charge >= 0.3 is 12.0 Å². The van der Waals surface area contributed by atoms with Crippen molar-refractivity contribution in [3.8, 4) is 0 Å². The third-order valence-corrected chi connectivity index (χ3v) is 4.65. The maximum atomic E-state index is 12.7. The van der Waals surface area contributed by atoms with Crippen LogP contribution in [0.2, 0.25) is 5.28 Å². The van der Waals surface area contributed by atoms with E-state index in [2.05, 4.69) is 19.9 Å². The van der Waals surface area contributed by atoms with Crippen LogP contribution in [0.1, 0.15) is 18.5 Å². The Morgan fingerprint density at radius 2 is 2.07 bits per heavy atom. The molecule has 1 aliphatic rings. The lowest BCUT2D eigenvalue weighted by Crippen LogP contribution is -2.48. The number of likely N-dealkylation sites (N-methyl/N-ethyl adjacent to an activating group) is 1. The van der Waals surface area contributed by atoms with Gasteiger partial charge in [0.05, 0.1) is 14.1 Å². The lowest BCUT2D eigenvalue weighted by Gasteiger charge is -2.24. The SMILES string of the molecule is CN(CCc1ccccn1)c1nc(Cl)nc([N+](C)(C)C(=O)OC2=CCCC=C2)n1. The molecule has 0 atom stereocenters. The monoisotopic (exact) mass is 415 g/mol. The number of carbonyl (C=O) groups excluding carboxylic acids is 1. The quantitative estimate of drug-likeness (QED) is 0.667. The van der Waals surface area contributed by atoms with Crippen LogP contribution in [0.3, 0.4) is 0 Å². The third-order valence-electron chi connectivity index (χ3n) is 4.48. The van der Waals surface area contributed by atoms with Crippen molar-refractivity contribution < 1.29 is 9.53 Å². The van der Waals surface area contributed by atoms with Crippen LogP contribution in [0, 0.1) is 0 Å². The molecule has 8 nitrogen and oxygen atoms in total. The second-order valence-electron chi connectivity index (χ2n) is 7.10. The minimum Gasteiger partial charge on any atom is -0.381 e. The highest BCUT2D eigenvalue weighted by Gasteiger charge is 2.37. The van der Waals surface area contributed by atoms with Crippen LogP contribution in [-0.2, 0) is 11.2 Å². The van der Waals surface area contributed by atoms with Crippen molar-refractivity contribution in [1.29, 1.82) is 0 Å². The number of hydrogen-bond acceptors (Lipinski definition) is 7. The van der Waals surface area contributed by atoms with Gasteiger partial charge in [0.25, 0.3) is 0 Å². The van der Waals surface area contributed by atoms with E-state index in [9.17, 15) is 4.79 Å². The first-order chi connectivity index (χ1) is 13.9. The van der Waals surface area contributed by atoms with Gasteiger partial charge in [0.2, 0.25) is 11.2 Å². The fourth-order valence-electron chi connectivity index (χ4n) is 2.64. The predicted molar refractivity (Wildman–Crippen MR) is 113 cm³/mol. The zero-order valence-corrected chi connectivity index (χ0v) is 17.5. The molecule has 3 rings (SSSR count). The summed E-state index contributed by atoms with van der Waals surface area (Å²) in [6.45, 7) is 0.631. The van der Waals surface area contributed by atoms with Gasteiger partial charge in [-0.3, -0.25) is 4.98 Å². The minimum absolute atomic E-state index is 0.0189. The second-order valence-corrected chi connectivity index (χ2v) is 7.44. The van der Waals surface area contributed by atoms with Crippen LogP contribution < -0.4 is 9.38 Å². The van der Waals surface area contributed by atoms with Gasteiger partial charge in [0.15, 0.2) is 0 Å². The number of pyridine rings is 1. The van der Waals surface area contributed by atoms with Crippen molar-refractivity contribution in [3.05, 3.63) is 59.4 Å². The Balaban J connectivity index is 1.75. The first kappa shape index (κ1) is 20.9. The molecule has 1 aliphatic carbocycles. The molecule has 0 unspecified atom stereocenters. The van der Waals surface area contributed by atoms with Crippen molar-refractivity contribution in [1.82, 2.24) is 24.4 Å². The summed E-state index contributed by atoms with van der Waals surface area (Å²) in [7, 11) is 5.16. The van der Waals surface area contributed by atoms with Crippen LogP contribution in [-0.4, -0.2) is 53.7 Å². The Hall–Kier alpha value is -2.84. The maximum Gasteiger partial charge on any atom is 0.528 e. The molecule has 152 valence electrons. The van der Waals surface area contributed by atoms with E-state index < -0.39 is 6.09 Å². The average molecular weight is 416 g/mol. The number of hydrogen-bond donors (Lipinski definition) is 0. The summed E-state index contributed by atoms with van der Waals surface area (Å²) < 4.78 is 5.17. The van der Waals surface area contributed by atoms with Crippen LogP contribution in [0.25, 0.3) is 0 Å². The largest absolute Gasteiger partial charge is 0.528 e. The van der Waals surface area contributed by atoms with Gasteiger partial charge in [0.1, 0.15) is 5.76 Å². The van der Waals surface area contributed by atoms with E-state index >= 15 is 0 Å². The highest BCUT2D eigenvalue weighted by atomic mass is 35.5. The number of carbonyl (C=O) groups is 1. The number of nitrogens with zero attached hydrogens (tertiary/aromatic N) is 6. The van der Waals surface area contributed by atoms with Gasteiger partial charge in [-0.2, -0.15) is 14.3 Å². The molecule has 0 saturated carbocycles. The Labute approximate surface area is 175 Å². The maximum absolute atomic E-state index is 12.7. The molecule has 0 aliphatic heterocycles. The number of amides is 1. The van der Waals surface area contributed by atoms with Crippen LogP contribution in [0.15, 0.2) is 48.4 Å². The third kappa shape index (κ3) is 5.36. The molecule has 0 aromatic carbocycles. The van der Waals surface area contributed by atoms with E-state index in [0.29, 0.717) is 18.3 Å². The van der Waals surface area contributed by atoms with Gasteiger partial charge in [-0.15, -0.1) is 9.97 Å². The predicted octanol–water partition coefficient (Wildman–Crippen LogP) is 3.54. The molecule has 2 heterocycles. The molecular weight excluding hydrogens is 392 g/mol. The van der Waals surface area contributed by atoms with Gasteiger partial charge < -0.3 is 9.64 Å². The van der Waals surface area contributed by atoms with E-state index in [-0.39, 0.29) is 15.7 Å². The molecule has 0 radical (unpaired) electrons. The van der Waals surface area contributed by atoms with Gasteiger partial charge in [-0.05, 0) is 48.7 Å². The molecule has 2 aromatic heterocycles. The molecule has 0 spiro atoms. The van der Waals surface area contributed by atoms with Crippen LogP contribution in [0.4, 0.5) is 16.7 Å². The summed E-state index contributed by atoms with van der Waals surface area (Å²) in [4.78, 5) is 31.7. The minimum atomic E-state index is -0.507. The highest BCUT2D eigenvalue weighted by molar-refractivity contribution is 6.28. The first-order valence-electron chi connectivity index (χ1n) is 9.32. The van der Waals surface area contributed by atoms with Crippen molar-refractivity contribution in [2.75, 3.05) is 32.6 Å². The summed E-state index contributed by atoms with van der Waals surface area (Å²) in [5, 5.41) is 0.0189. The van der Waals surface area contributed by atoms with Gasteiger partial charge in [0, 0.05) is 31.9 Å². The van der Waals surface area contributed by atoms with Crippen molar-refractivity contribution in [2.45, 2.75) is 19.3 Å². The second kappa shape index (κ2) is 9.11. The van der Waals surface area contributed by atoms with E-state index in [0.717, 1.165) is 25.0 Å². The number of anilines is 1. The lowest BCUT2D eigenvalue weighted by atomic mass is 10.2. The number of rotatable bonds is 6. The molecule has 29 heavy (non-hydrogen) atoms. The van der Waals surface area contributed by atoms with Crippen LogP contribution >= 0.6 is 11.6 Å². The van der Waals surface area contributed by atoms with E-state index in [1.807, 2.05) is 42.3 Å². The van der Waals surface area contributed by atoms with Gasteiger partial charge in [-0.1, -0.05) is 12.1 Å². The number of aromatic nitrogens is 4. The summed E-state index contributed by atoms with van der Waals surface area (Å²) in [5.41, 5.74) is 0.966. The zero-order valence-electron chi connectivity index (χ0n) is 16.7. The summed E-state index contributed by atoms with van der Waals surface area (Å²) >= 11 is 6.13. The highest BCUT2D eigenvalue weighted by Crippen LogP contribution is 2.22. The Morgan fingerprint density at radius 1 is 1.24 bits per heavy atom. The molecule has 9 heteroatoms. The topological polar surface area (TPSA) is 81.1 Å². The molecule has 1 amide bonds. The van der Waals surface area contributed by atoms with Crippen LogP contribution in [0.5, 0.6) is 0 Å². The zero-order chi connectivity index (χ0) is 20.9. The summed E-state index contributed by atoms with van der Waals surface area (Å²) in [6.07, 6.45) is 9.40. The molecule has 2 aromatic rings. The lowest BCUT2D eigenvalue weighted by molar-refractivity contribution is 0.147. The number of halogens is 1. The number of ether oxygens (including phenoxy) is 1. The Bertz CT molecular complexity index is 930. The van der Waals surface area contributed by atoms with Crippen molar-refractivity contribution in [3.63, 3.8) is 0 Å². The average Bonchev–Trinajstić information content (AvgIpc) is 2.73. The van der Waals surface area contributed by atoms with Crippen molar-refractivity contribution in [2.24, 2.45) is 0 Å². The number of quaternary nitrogens is 1. The Kier molecular flexibility index (Phi) is 6.56. The summed E-state index contributed by atoms with van der Waals surface area (Å²) in [6, 6.07) is 5.79. The van der Waals surface area contributed by atoms with Crippen molar-refractivity contribution >= 4 is 29.6 Å². The first-order valence-corrected chi connectivity index (χ1v) is 9.70. The molecule has 0 fully saturated rings. The summed E-state index contributed by atoms with van der Waals surface area (Å²) in [5.74, 6) is 1.11. The van der Waals surface area contributed by atoms with E-state index in [4.69, 9.17) is 16.3 Å². The molecule has 0 bridgehead atoms. The van der Waals surface area contributed by atoms with E-state index in [1.165, 1.54) is 0 Å². The Morgan fingerprint density at radius 3 is 2.76 bits per heavy atom. The standard InChI is InChI=1S/C20H24ClN6O2/c1-26(14-12-15-9-7-8-13-22-15)18-23-17(21)24-19(25-18)27(2,3)20(28)29-16-10-5-4-6-11-16/h5,7-11,13H,4,6,12,14H2,1-3H3/q+1. The molecular formula is C20H24ClN6O2+. The molecule has 0 N–H and O–H groups in total.